The zero-order valence-corrected chi connectivity index (χ0v) is 12.3. The largest absolute Gasteiger partial charge is 0.398 e. The van der Waals surface area contributed by atoms with Crippen LogP contribution >= 0.6 is 0 Å². The Kier molecular flexibility index (Phi) is 6.60. The van der Waals surface area contributed by atoms with Gasteiger partial charge in [0.15, 0.2) is 0 Å². The van der Waals surface area contributed by atoms with Crippen molar-refractivity contribution >= 4 is 22.4 Å². The van der Waals surface area contributed by atoms with Gasteiger partial charge in [0.1, 0.15) is 11.1 Å². The highest BCUT2D eigenvalue weighted by Crippen LogP contribution is 2.20. The van der Waals surface area contributed by atoms with Crippen molar-refractivity contribution in [2.45, 2.75) is 23.5 Å². The van der Waals surface area contributed by atoms with Gasteiger partial charge in [-0.3, -0.25) is 9.00 Å². The number of hydrogen-bond donors (Lipinski definition) is 2. The van der Waals surface area contributed by atoms with Crippen LogP contribution in [0.4, 0.5) is 10.1 Å². The lowest BCUT2D eigenvalue weighted by atomic mass is 10.3. The monoisotopic (exact) mass is 302 g/mol. The van der Waals surface area contributed by atoms with Gasteiger partial charge in [-0.1, -0.05) is 0 Å². The predicted molar refractivity (Wildman–Crippen MR) is 76.2 cm³/mol. The molecule has 0 fully saturated rings. The van der Waals surface area contributed by atoms with E-state index in [4.69, 9.17) is 10.5 Å². The standard InChI is InChI=1S/C13H19FN2O3S/c1-9(13(17)16-6-3-7-19-2)20(18)12-8-10(14)4-5-11(12)15/h4-5,8-9H,3,6-7,15H2,1-2H3,(H,16,17). The van der Waals surface area contributed by atoms with E-state index in [1.165, 1.54) is 19.1 Å². The van der Waals surface area contributed by atoms with E-state index in [1.54, 1.807) is 7.11 Å². The molecule has 7 heteroatoms. The van der Waals surface area contributed by atoms with Gasteiger partial charge in [0.25, 0.3) is 0 Å². The van der Waals surface area contributed by atoms with Gasteiger partial charge in [0.05, 0.1) is 15.7 Å². The topological polar surface area (TPSA) is 81.4 Å². The van der Waals surface area contributed by atoms with Crippen molar-refractivity contribution in [2.24, 2.45) is 0 Å². The van der Waals surface area contributed by atoms with Crippen LogP contribution in [0.15, 0.2) is 23.1 Å². The Morgan fingerprint density at radius 2 is 2.25 bits per heavy atom. The molecule has 0 bridgehead atoms. The zero-order chi connectivity index (χ0) is 15.1. The molecule has 3 N–H and O–H groups in total. The number of nitrogens with one attached hydrogen (secondary N) is 1. The Hall–Kier alpha value is -1.47. The Morgan fingerprint density at radius 1 is 1.55 bits per heavy atom. The highest BCUT2D eigenvalue weighted by Gasteiger charge is 2.23. The molecule has 5 nitrogen and oxygen atoms in total. The van der Waals surface area contributed by atoms with E-state index in [2.05, 4.69) is 5.32 Å². The molecule has 1 aromatic rings. The second-order valence-electron chi connectivity index (χ2n) is 4.26. The van der Waals surface area contributed by atoms with Crippen LogP contribution in [-0.2, 0) is 20.3 Å². The molecule has 20 heavy (non-hydrogen) atoms. The maximum atomic E-state index is 13.2. The molecule has 0 radical (unpaired) electrons. The fourth-order valence-electron chi connectivity index (χ4n) is 1.54. The summed E-state index contributed by atoms with van der Waals surface area (Å²) < 4.78 is 30.2. The van der Waals surface area contributed by atoms with Crippen molar-refractivity contribution in [3.63, 3.8) is 0 Å². The maximum absolute atomic E-state index is 13.2. The van der Waals surface area contributed by atoms with Gasteiger partial charge in [-0.25, -0.2) is 4.39 Å². The van der Waals surface area contributed by atoms with Crippen LogP contribution in [0.5, 0.6) is 0 Å². The molecule has 1 aromatic carbocycles. The number of carbonyl (C=O) groups excluding carboxylic acids is 1. The summed E-state index contributed by atoms with van der Waals surface area (Å²) in [6.07, 6.45) is 0.670. The molecule has 0 spiro atoms. The summed E-state index contributed by atoms with van der Waals surface area (Å²) in [5.74, 6) is -0.890. The van der Waals surface area contributed by atoms with Crippen LogP contribution in [0.1, 0.15) is 13.3 Å². The first-order chi connectivity index (χ1) is 9.47. The Labute approximate surface area is 120 Å². The number of rotatable bonds is 7. The average molecular weight is 302 g/mol. The quantitative estimate of drug-likeness (QED) is 0.583. The highest BCUT2D eigenvalue weighted by atomic mass is 32.2. The summed E-state index contributed by atoms with van der Waals surface area (Å²) in [6.45, 7) is 2.49. The molecular formula is C13H19FN2O3S. The molecule has 2 unspecified atom stereocenters. The van der Waals surface area contributed by atoms with E-state index in [9.17, 15) is 13.4 Å². The first kappa shape index (κ1) is 16.6. The van der Waals surface area contributed by atoms with E-state index in [1.807, 2.05) is 0 Å². The summed E-state index contributed by atoms with van der Waals surface area (Å²) in [7, 11) is -0.120. The summed E-state index contributed by atoms with van der Waals surface area (Å²) in [4.78, 5) is 12.0. The molecule has 0 heterocycles. The Bertz CT molecular complexity index is 497. The fraction of sp³-hybridized carbons (Fsp3) is 0.462. The SMILES string of the molecule is COCCCNC(=O)C(C)S(=O)c1cc(F)ccc1N. The third kappa shape index (κ3) is 4.57. The number of hydrogen-bond acceptors (Lipinski definition) is 4. The molecule has 2 atom stereocenters. The normalized spacial score (nSPS) is 13.8. The molecule has 1 amide bonds. The first-order valence-electron chi connectivity index (χ1n) is 6.19. The Morgan fingerprint density at radius 3 is 2.90 bits per heavy atom. The average Bonchev–Trinajstić information content (AvgIpc) is 2.44. The number of halogens is 1. The van der Waals surface area contributed by atoms with Crippen LogP contribution in [-0.4, -0.2) is 35.6 Å². The van der Waals surface area contributed by atoms with Crippen molar-refractivity contribution < 1.29 is 18.1 Å². The Balaban J connectivity index is 2.66. The lowest BCUT2D eigenvalue weighted by molar-refractivity contribution is -0.120. The molecule has 0 saturated heterocycles. The minimum atomic E-state index is -1.70. The van der Waals surface area contributed by atoms with Crippen molar-refractivity contribution in [3.05, 3.63) is 24.0 Å². The zero-order valence-electron chi connectivity index (χ0n) is 11.5. The van der Waals surface area contributed by atoms with E-state index in [0.717, 1.165) is 6.07 Å². The summed E-state index contributed by atoms with van der Waals surface area (Å²) in [5.41, 5.74) is 5.87. The number of nitrogens with two attached hydrogens (primary N) is 1. The number of anilines is 1. The predicted octanol–water partition coefficient (Wildman–Crippen LogP) is 1.06. The lowest BCUT2D eigenvalue weighted by Gasteiger charge is -2.13. The smallest absolute Gasteiger partial charge is 0.235 e. The molecule has 1 rings (SSSR count). The van der Waals surface area contributed by atoms with E-state index in [-0.39, 0.29) is 16.5 Å². The fourth-order valence-corrected chi connectivity index (χ4v) is 2.73. The van der Waals surface area contributed by atoms with Gasteiger partial charge in [0.2, 0.25) is 5.91 Å². The van der Waals surface area contributed by atoms with Crippen LogP contribution in [0, 0.1) is 5.82 Å². The van der Waals surface area contributed by atoms with Gasteiger partial charge < -0.3 is 15.8 Å². The van der Waals surface area contributed by atoms with Crippen LogP contribution in [0.3, 0.4) is 0 Å². The number of nitrogen functional groups attached to an aromatic ring is 1. The minimum absolute atomic E-state index is 0.143. The number of benzene rings is 1. The highest BCUT2D eigenvalue weighted by molar-refractivity contribution is 7.86. The molecule has 112 valence electrons. The van der Waals surface area contributed by atoms with Gasteiger partial charge in [-0.15, -0.1) is 0 Å². The van der Waals surface area contributed by atoms with E-state index >= 15 is 0 Å². The van der Waals surface area contributed by atoms with Crippen molar-refractivity contribution in [1.82, 2.24) is 5.32 Å². The molecule has 0 aliphatic carbocycles. The first-order valence-corrected chi connectivity index (χ1v) is 7.41. The molecule has 0 aliphatic rings. The van der Waals surface area contributed by atoms with Crippen LogP contribution in [0.25, 0.3) is 0 Å². The van der Waals surface area contributed by atoms with Gasteiger partial charge >= 0.3 is 0 Å². The molecule has 0 saturated carbocycles. The number of methoxy groups -OCH3 is 1. The lowest BCUT2D eigenvalue weighted by Crippen LogP contribution is -2.36. The van der Waals surface area contributed by atoms with E-state index < -0.39 is 21.9 Å². The van der Waals surface area contributed by atoms with Crippen LogP contribution in [0.2, 0.25) is 0 Å². The number of carbonyl (C=O) groups is 1. The molecule has 0 aromatic heterocycles. The maximum Gasteiger partial charge on any atom is 0.235 e. The number of amides is 1. The summed E-state index contributed by atoms with van der Waals surface area (Å²) >= 11 is 0. The minimum Gasteiger partial charge on any atom is -0.398 e. The van der Waals surface area contributed by atoms with Crippen molar-refractivity contribution in [1.29, 1.82) is 0 Å². The summed E-state index contributed by atoms with van der Waals surface area (Å²) in [6, 6.07) is 3.62. The second-order valence-corrected chi connectivity index (χ2v) is 6.00. The van der Waals surface area contributed by atoms with Crippen molar-refractivity contribution in [2.75, 3.05) is 26.0 Å². The van der Waals surface area contributed by atoms with Gasteiger partial charge in [0, 0.05) is 25.9 Å². The second kappa shape index (κ2) is 7.96. The van der Waals surface area contributed by atoms with Gasteiger partial charge in [-0.05, 0) is 31.5 Å². The van der Waals surface area contributed by atoms with Crippen LogP contribution < -0.4 is 11.1 Å². The number of ether oxygens (including phenoxy) is 1. The third-order valence-corrected chi connectivity index (χ3v) is 4.35. The summed E-state index contributed by atoms with van der Waals surface area (Å²) in [5, 5.41) is 1.85. The van der Waals surface area contributed by atoms with Gasteiger partial charge in [-0.2, -0.15) is 0 Å². The molecule has 0 aliphatic heterocycles. The third-order valence-electron chi connectivity index (χ3n) is 2.71. The van der Waals surface area contributed by atoms with E-state index in [0.29, 0.717) is 19.6 Å². The van der Waals surface area contributed by atoms with Crippen molar-refractivity contribution in [3.8, 4) is 0 Å². The molecular weight excluding hydrogens is 283 g/mol.